The second-order valence-electron chi connectivity index (χ2n) is 13.9. The van der Waals surface area contributed by atoms with Crippen molar-refractivity contribution in [2.24, 2.45) is 0 Å². The molecule has 0 unspecified atom stereocenters. The number of hydrogen-bond acceptors (Lipinski definition) is 2. The number of para-hydroxylation sites is 2. The molecule has 52 heavy (non-hydrogen) atoms. The van der Waals surface area contributed by atoms with E-state index in [0.29, 0.717) is 0 Å². The molecule has 12 rings (SSSR count). The fourth-order valence-corrected chi connectivity index (χ4v) is 8.96. The van der Waals surface area contributed by atoms with Crippen molar-refractivity contribution in [3.05, 3.63) is 170 Å². The van der Waals surface area contributed by atoms with Crippen LogP contribution in [0, 0.1) is 0 Å². The standard InChI is InChI=1S/C50H28O2/c1-2-13-30-27-41-31(26-29(30)12-1)24-25-33-32(41)20-11-21-35(33)46-36-15-3-5-17-38(36)47(39-18-6-4-16-37(39)46)43-28-42-34-14-7-9-22-44(34)51-49(42)48-40-19-8-10-23-45(40)52-50(43)48/h1-28H. The molecule has 2 aromatic heterocycles. The van der Waals surface area contributed by atoms with E-state index in [-0.39, 0.29) is 0 Å². The topological polar surface area (TPSA) is 26.3 Å². The maximum absolute atomic E-state index is 6.82. The molecule has 0 amide bonds. The SMILES string of the molecule is c1ccc2cc3c(ccc4c(-c5c6ccccc6c(-c6cc7c8ccccc8oc7c7c6oc6ccccc67)c6ccccc56)cccc43)cc2c1. The van der Waals surface area contributed by atoms with Crippen LogP contribution in [0.3, 0.4) is 0 Å². The first kappa shape index (κ1) is 27.9. The van der Waals surface area contributed by atoms with Gasteiger partial charge < -0.3 is 8.83 Å². The number of furan rings is 2. The van der Waals surface area contributed by atoms with Gasteiger partial charge in [0.15, 0.2) is 0 Å². The molecule has 240 valence electrons. The molecule has 12 aromatic rings. The lowest BCUT2D eigenvalue weighted by Gasteiger charge is -2.19. The van der Waals surface area contributed by atoms with Crippen molar-refractivity contribution in [1.82, 2.24) is 0 Å². The molecule has 0 aliphatic heterocycles. The van der Waals surface area contributed by atoms with Gasteiger partial charge in [-0.15, -0.1) is 0 Å². The van der Waals surface area contributed by atoms with Crippen LogP contribution in [0.25, 0.3) is 120 Å². The number of fused-ring (bicyclic) bond motifs is 13. The fourth-order valence-electron chi connectivity index (χ4n) is 8.96. The molecule has 2 nitrogen and oxygen atoms in total. The minimum absolute atomic E-state index is 0.847. The van der Waals surface area contributed by atoms with Crippen LogP contribution in [-0.4, -0.2) is 0 Å². The number of benzene rings is 10. The van der Waals surface area contributed by atoms with E-state index in [1.165, 1.54) is 70.6 Å². The van der Waals surface area contributed by atoms with Gasteiger partial charge in [-0.3, -0.25) is 0 Å². The predicted octanol–water partition coefficient (Wildman–Crippen LogP) is 14.6. The molecule has 10 aromatic carbocycles. The second kappa shape index (κ2) is 10.3. The summed E-state index contributed by atoms with van der Waals surface area (Å²) in [5.74, 6) is 0. The van der Waals surface area contributed by atoms with Crippen LogP contribution in [-0.2, 0) is 0 Å². The van der Waals surface area contributed by atoms with Gasteiger partial charge in [-0.25, -0.2) is 0 Å². The highest BCUT2D eigenvalue weighted by molar-refractivity contribution is 6.30. The van der Waals surface area contributed by atoms with Gasteiger partial charge in [0.05, 0.1) is 5.39 Å². The third kappa shape index (κ3) is 3.73. The summed E-state index contributed by atoms with van der Waals surface area (Å²) in [5.41, 5.74) is 8.16. The summed E-state index contributed by atoms with van der Waals surface area (Å²) in [5, 5.41) is 16.6. The van der Waals surface area contributed by atoms with Crippen LogP contribution in [0.5, 0.6) is 0 Å². The average molecular weight is 661 g/mol. The first-order chi connectivity index (χ1) is 25.8. The molecule has 0 aliphatic rings. The molecule has 2 heterocycles. The molecular formula is C50H28O2. The highest BCUT2D eigenvalue weighted by Gasteiger charge is 2.24. The van der Waals surface area contributed by atoms with Crippen molar-refractivity contribution in [3.8, 4) is 22.3 Å². The van der Waals surface area contributed by atoms with E-state index in [0.717, 1.165) is 49.4 Å². The molecule has 0 aliphatic carbocycles. The molecule has 0 saturated carbocycles. The number of rotatable bonds is 2. The van der Waals surface area contributed by atoms with E-state index in [9.17, 15) is 0 Å². The normalized spacial score (nSPS) is 12.2. The van der Waals surface area contributed by atoms with Crippen molar-refractivity contribution in [2.45, 2.75) is 0 Å². The summed E-state index contributed by atoms with van der Waals surface area (Å²) in [4.78, 5) is 0. The molecule has 0 bridgehead atoms. The molecule has 0 saturated heterocycles. The van der Waals surface area contributed by atoms with Crippen LogP contribution in [0.15, 0.2) is 179 Å². The van der Waals surface area contributed by atoms with Crippen molar-refractivity contribution in [1.29, 1.82) is 0 Å². The Bertz CT molecular complexity index is 3410. The molecule has 0 spiro atoms. The smallest absolute Gasteiger partial charge is 0.147 e. The van der Waals surface area contributed by atoms with Crippen LogP contribution in [0.1, 0.15) is 0 Å². The molecule has 2 heteroatoms. The minimum atomic E-state index is 0.847. The Hall–Kier alpha value is -6.90. The number of hydrogen-bond donors (Lipinski definition) is 0. The fraction of sp³-hybridized carbons (Fsp3) is 0. The third-order valence-electron chi connectivity index (χ3n) is 11.2. The second-order valence-corrected chi connectivity index (χ2v) is 13.9. The van der Waals surface area contributed by atoms with E-state index in [2.05, 4.69) is 158 Å². The van der Waals surface area contributed by atoms with Crippen LogP contribution >= 0.6 is 0 Å². The quantitative estimate of drug-likeness (QED) is 0.136. The molecule has 0 radical (unpaired) electrons. The van der Waals surface area contributed by atoms with Crippen molar-refractivity contribution in [3.63, 3.8) is 0 Å². The van der Waals surface area contributed by atoms with Gasteiger partial charge in [-0.05, 0) is 95.3 Å². The zero-order valence-electron chi connectivity index (χ0n) is 28.0. The Kier molecular flexibility index (Phi) is 5.53. The highest BCUT2D eigenvalue weighted by Crippen LogP contribution is 2.50. The first-order valence-electron chi connectivity index (χ1n) is 17.8. The van der Waals surface area contributed by atoms with Crippen LogP contribution in [0.2, 0.25) is 0 Å². The summed E-state index contributed by atoms with van der Waals surface area (Å²) >= 11 is 0. The minimum Gasteiger partial charge on any atom is -0.455 e. The van der Waals surface area contributed by atoms with Gasteiger partial charge >= 0.3 is 0 Å². The largest absolute Gasteiger partial charge is 0.455 e. The Morgan fingerprint density at radius 1 is 0.269 bits per heavy atom. The molecule has 0 atom stereocenters. The van der Waals surface area contributed by atoms with Gasteiger partial charge in [0.1, 0.15) is 22.3 Å². The Morgan fingerprint density at radius 2 is 0.808 bits per heavy atom. The Balaban J connectivity index is 1.23. The predicted molar refractivity (Wildman–Crippen MR) is 219 cm³/mol. The van der Waals surface area contributed by atoms with Crippen molar-refractivity contribution in [2.75, 3.05) is 0 Å². The van der Waals surface area contributed by atoms with E-state index in [1.54, 1.807) is 0 Å². The average Bonchev–Trinajstić information content (AvgIpc) is 3.77. The maximum Gasteiger partial charge on any atom is 0.147 e. The van der Waals surface area contributed by atoms with Gasteiger partial charge in [0.2, 0.25) is 0 Å². The van der Waals surface area contributed by atoms with Crippen LogP contribution in [0.4, 0.5) is 0 Å². The lowest BCUT2D eigenvalue weighted by molar-refractivity contribution is 0.663. The van der Waals surface area contributed by atoms with Gasteiger partial charge in [0, 0.05) is 27.3 Å². The summed E-state index contributed by atoms with van der Waals surface area (Å²) in [6.07, 6.45) is 0. The Morgan fingerprint density at radius 3 is 1.52 bits per heavy atom. The van der Waals surface area contributed by atoms with Crippen molar-refractivity contribution >= 4 is 97.7 Å². The van der Waals surface area contributed by atoms with E-state index in [1.807, 2.05) is 12.1 Å². The van der Waals surface area contributed by atoms with Gasteiger partial charge in [-0.1, -0.05) is 140 Å². The monoisotopic (exact) mass is 660 g/mol. The zero-order chi connectivity index (χ0) is 33.9. The van der Waals surface area contributed by atoms with E-state index < -0.39 is 0 Å². The lowest BCUT2D eigenvalue weighted by atomic mass is 9.83. The van der Waals surface area contributed by atoms with Crippen molar-refractivity contribution < 1.29 is 8.83 Å². The summed E-state index contributed by atoms with van der Waals surface area (Å²) in [6.45, 7) is 0. The molecular weight excluding hydrogens is 633 g/mol. The zero-order valence-corrected chi connectivity index (χ0v) is 28.0. The van der Waals surface area contributed by atoms with Crippen LogP contribution < -0.4 is 0 Å². The molecule has 0 fully saturated rings. The maximum atomic E-state index is 6.82. The Labute approximate surface area is 297 Å². The first-order valence-corrected chi connectivity index (χ1v) is 17.8. The van der Waals surface area contributed by atoms with E-state index in [4.69, 9.17) is 8.83 Å². The summed E-state index contributed by atoms with van der Waals surface area (Å²) in [7, 11) is 0. The van der Waals surface area contributed by atoms with Gasteiger partial charge in [-0.2, -0.15) is 0 Å². The molecule has 0 N–H and O–H groups in total. The van der Waals surface area contributed by atoms with Gasteiger partial charge in [0.25, 0.3) is 0 Å². The third-order valence-corrected chi connectivity index (χ3v) is 11.2. The highest BCUT2D eigenvalue weighted by atomic mass is 16.3. The van der Waals surface area contributed by atoms with E-state index >= 15 is 0 Å². The summed E-state index contributed by atoms with van der Waals surface area (Å²) < 4.78 is 13.4. The summed E-state index contributed by atoms with van der Waals surface area (Å²) in [6, 6.07) is 61.4. The lowest BCUT2D eigenvalue weighted by Crippen LogP contribution is -1.92.